The van der Waals surface area contributed by atoms with Crippen molar-refractivity contribution in [2.24, 2.45) is 11.7 Å². The van der Waals surface area contributed by atoms with Gasteiger partial charge >= 0.3 is 0 Å². The van der Waals surface area contributed by atoms with Crippen molar-refractivity contribution >= 4 is 11.8 Å². The number of amides is 2. The lowest BCUT2D eigenvalue weighted by atomic mass is 10.1. The molecule has 0 aromatic rings. The molecule has 5 heteroatoms. The van der Waals surface area contributed by atoms with Crippen molar-refractivity contribution in [1.29, 1.82) is 0 Å². The van der Waals surface area contributed by atoms with E-state index in [-0.39, 0.29) is 23.8 Å². The largest absolute Gasteiger partial charge is 0.339 e. The van der Waals surface area contributed by atoms with Gasteiger partial charge in [-0.05, 0) is 6.42 Å². The van der Waals surface area contributed by atoms with Gasteiger partial charge in [0.1, 0.15) is 0 Å². The van der Waals surface area contributed by atoms with Gasteiger partial charge in [0.05, 0.1) is 6.04 Å². The first-order valence-corrected chi connectivity index (χ1v) is 7.30. The summed E-state index contributed by atoms with van der Waals surface area (Å²) in [5.74, 6) is 0.224. The first-order chi connectivity index (χ1) is 8.97. The van der Waals surface area contributed by atoms with Crippen molar-refractivity contribution in [2.75, 3.05) is 26.2 Å². The molecule has 2 amide bonds. The third-order valence-electron chi connectivity index (χ3n) is 3.58. The lowest BCUT2D eigenvalue weighted by molar-refractivity contribution is -0.142. The number of nitrogens with zero attached hydrogens (tertiary/aromatic N) is 2. The Kier molecular flexibility index (Phi) is 6.28. The van der Waals surface area contributed by atoms with Crippen LogP contribution in [-0.4, -0.2) is 53.8 Å². The van der Waals surface area contributed by atoms with E-state index in [0.717, 1.165) is 19.3 Å². The second kappa shape index (κ2) is 7.48. The van der Waals surface area contributed by atoms with Crippen LogP contribution in [0.2, 0.25) is 0 Å². The Labute approximate surface area is 116 Å². The quantitative estimate of drug-likeness (QED) is 0.804. The lowest BCUT2D eigenvalue weighted by Gasteiger charge is -2.36. The van der Waals surface area contributed by atoms with Gasteiger partial charge < -0.3 is 15.5 Å². The van der Waals surface area contributed by atoms with Gasteiger partial charge in [0.15, 0.2) is 0 Å². The molecule has 0 spiro atoms. The molecular formula is C14H27N3O2. The van der Waals surface area contributed by atoms with E-state index >= 15 is 0 Å². The smallest absolute Gasteiger partial charge is 0.239 e. The van der Waals surface area contributed by atoms with Crippen LogP contribution in [0, 0.1) is 5.92 Å². The Morgan fingerprint density at radius 2 is 1.53 bits per heavy atom. The van der Waals surface area contributed by atoms with Crippen LogP contribution in [0.3, 0.4) is 0 Å². The van der Waals surface area contributed by atoms with E-state index in [2.05, 4.69) is 6.92 Å². The van der Waals surface area contributed by atoms with Gasteiger partial charge in [0, 0.05) is 32.1 Å². The van der Waals surface area contributed by atoms with Crippen molar-refractivity contribution < 1.29 is 9.59 Å². The fourth-order valence-corrected chi connectivity index (χ4v) is 2.29. The van der Waals surface area contributed by atoms with Crippen LogP contribution >= 0.6 is 0 Å². The molecule has 0 aromatic heterocycles. The number of rotatable bonds is 5. The molecule has 0 bridgehead atoms. The number of unbranched alkanes of at least 4 members (excludes halogenated alkanes) is 1. The SMILES string of the molecule is CCCC[C@H](N)C(=O)N1CCN(C(=O)C(C)C)CC1. The molecule has 2 N–H and O–H groups in total. The Balaban J connectivity index is 2.41. The predicted molar refractivity (Wildman–Crippen MR) is 75.5 cm³/mol. The number of hydrogen-bond acceptors (Lipinski definition) is 3. The molecule has 0 radical (unpaired) electrons. The van der Waals surface area contributed by atoms with Crippen molar-refractivity contribution in [1.82, 2.24) is 9.80 Å². The van der Waals surface area contributed by atoms with Gasteiger partial charge in [0.2, 0.25) is 11.8 Å². The van der Waals surface area contributed by atoms with Crippen LogP contribution < -0.4 is 5.73 Å². The van der Waals surface area contributed by atoms with E-state index in [1.165, 1.54) is 0 Å². The summed E-state index contributed by atoms with van der Waals surface area (Å²) in [5, 5.41) is 0. The van der Waals surface area contributed by atoms with Crippen LogP contribution in [-0.2, 0) is 9.59 Å². The van der Waals surface area contributed by atoms with Crippen LogP contribution in [0.15, 0.2) is 0 Å². The third-order valence-corrected chi connectivity index (χ3v) is 3.58. The fourth-order valence-electron chi connectivity index (χ4n) is 2.29. The molecule has 1 aliphatic rings. The zero-order valence-corrected chi connectivity index (χ0v) is 12.4. The van der Waals surface area contributed by atoms with Crippen LogP contribution in [0.1, 0.15) is 40.0 Å². The molecule has 1 aliphatic heterocycles. The van der Waals surface area contributed by atoms with Crippen LogP contribution in [0.25, 0.3) is 0 Å². The van der Waals surface area contributed by atoms with E-state index in [9.17, 15) is 9.59 Å². The van der Waals surface area contributed by atoms with Gasteiger partial charge in [-0.2, -0.15) is 0 Å². The normalized spacial score (nSPS) is 17.7. The Hall–Kier alpha value is -1.10. The van der Waals surface area contributed by atoms with E-state index in [0.29, 0.717) is 26.2 Å². The molecule has 5 nitrogen and oxygen atoms in total. The highest BCUT2D eigenvalue weighted by atomic mass is 16.2. The maximum absolute atomic E-state index is 12.1. The summed E-state index contributed by atoms with van der Waals surface area (Å²) in [6, 6.07) is -0.382. The monoisotopic (exact) mass is 269 g/mol. The van der Waals surface area contributed by atoms with E-state index in [1.54, 1.807) is 4.90 Å². The van der Waals surface area contributed by atoms with E-state index in [1.807, 2.05) is 18.7 Å². The van der Waals surface area contributed by atoms with Gasteiger partial charge in [-0.15, -0.1) is 0 Å². The molecule has 0 aromatic carbocycles. The molecular weight excluding hydrogens is 242 g/mol. The van der Waals surface area contributed by atoms with E-state index in [4.69, 9.17) is 5.73 Å². The molecule has 1 atom stereocenters. The minimum Gasteiger partial charge on any atom is -0.339 e. The number of nitrogens with two attached hydrogens (primary N) is 1. The molecule has 1 heterocycles. The minimum atomic E-state index is -0.382. The Morgan fingerprint density at radius 1 is 1.05 bits per heavy atom. The number of carbonyl (C=O) groups excluding carboxylic acids is 2. The molecule has 0 unspecified atom stereocenters. The van der Waals surface area contributed by atoms with Gasteiger partial charge in [-0.1, -0.05) is 33.6 Å². The second-order valence-electron chi connectivity index (χ2n) is 5.55. The fraction of sp³-hybridized carbons (Fsp3) is 0.857. The molecule has 1 rings (SSSR count). The Bertz CT molecular complexity index is 310. The summed E-state index contributed by atoms with van der Waals surface area (Å²) < 4.78 is 0. The second-order valence-corrected chi connectivity index (χ2v) is 5.55. The minimum absolute atomic E-state index is 0.0223. The average Bonchev–Trinajstić information content (AvgIpc) is 2.43. The van der Waals surface area contributed by atoms with Gasteiger partial charge in [-0.25, -0.2) is 0 Å². The summed E-state index contributed by atoms with van der Waals surface area (Å²) in [6.07, 6.45) is 2.79. The summed E-state index contributed by atoms with van der Waals surface area (Å²) in [4.78, 5) is 27.6. The lowest BCUT2D eigenvalue weighted by Crippen LogP contribution is -2.54. The topological polar surface area (TPSA) is 66.6 Å². The average molecular weight is 269 g/mol. The summed E-state index contributed by atoms with van der Waals surface area (Å²) >= 11 is 0. The summed E-state index contributed by atoms with van der Waals surface area (Å²) in [6.45, 7) is 8.37. The molecule has 110 valence electrons. The van der Waals surface area contributed by atoms with Crippen molar-refractivity contribution in [3.05, 3.63) is 0 Å². The highest BCUT2D eigenvalue weighted by molar-refractivity contribution is 5.82. The molecule has 19 heavy (non-hydrogen) atoms. The number of carbonyl (C=O) groups is 2. The highest BCUT2D eigenvalue weighted by Gasteiger charge is 2.27. The third kappa shape index (κ3) is 4.49. The van der Waals surface area contributed by atoms with Crippen LogP contribution in [0.4, 0.5) is 0 Å². The summed E-state index contributed by atoms with van der Waals surface area (Å²) in [7, 11) is 0. The van der Waals surface area contributed by atoms with Gasteiger partial charge in [0.25, 0.3) is 0 Å². The van der Waals surface area contributed by atoms with E-state index < -0.39 is 0 Å². The molecule has 0 saturated carbocycles. The number of hydrogen-bond donors (Lipinski definition) is 1. The molecule has 0 aliphatic carbocycles. The molecule has 1 saturated heterocycles. The molecule has 1 fully saturated rings. The maximum Gasteiger partial charge on any atom is 0.239 e. The van der Waals surface area contributed by atoms with Crippen LogP contribution in [0.5, 0.6) is 0 Å². The van der Waals surface area contributed by atoms with Gasteiger partial charge in [-0.3, -0.25) is 9.59 Å². The maximum atomic E-state index is 12.1. The number of piperazine rings is 1. The van der Waals surface area contributed by atoms with Crippen molar-refractivity contribution in [2.45, 2.75) is 46.1 Å². The first-order valence-electron chi connectivity index (χ1n) is 7.30. The Morgan fingerprint density at radius 3 is 1.95 bits per heavy atom. The highest BCUT2D eigenvalue weighted by Crippen LogP contribution is 2.09. The standard InChI is InChI=1S/C14H27N3O2/c1-4-5-6-12(15)14(19)17-9-7-16(8-10-17)13(18)11(2)3/h11-12H,4-10,15H2,1-3H3/t12-/m0/s1. The zero-order chi connectivity index (χ0) is 14.4. The summed E-state index contributed by atoms with van der Waals surface area (Å²) in [5.41, 5.74) is 5.91. The van der Waals surface area contributed by atoms with Crippen molar-refractivity contribution in [3.63, 3.8) is 0 Å². The van der Waals surface area contributed by atoms with Crippen molar-refractivity contribution in [3.8, 4) is 0 Å². The first kappa shape index (κ1) is 16.0. The predicted octanol–water partition coefficient (Wildman–Crippen LogP) is 0.831. The zero-order valence-electron chi connectivity index (χ0n) is 12.4.